The van der Waals surface area contributed by atoms with Crippen LogP contribution in [0.4, 0.5) is 10.5 Å². The Balaban J connectivity index is 1.33. The zero-order valence-corrected chi connectivity index (χ0v) is 14.0. The number of amides is 2. The molecule has 0 aliphatic carbocycles. The Kier molecular flexibility index (Phi) is 4.34. The highest BCUT2D eigenvalue weighted by molar-refractivity contribution is 6.00. The summed E-state index contributed by atoms with van der Waals surface area (Å²) >= 11 is 0. The SMILES string of the molecule is O=C(NCc1ccc(Cn2cncn2)cc1)Nc1cccc2[nH]ccc12. The van der Waals surface area contributed by atoms with E-state index in [1.54, 1.807) is 11.0 Å². The van der Waals surface area contributed by atoms with Crippen LogP contribution in [-0.4, -0.2) is 25.8 Å². The largest absolute Gasteiger partial charge is 0.361 e. The van der Waals surface area contributed by atoms with E-state index < -0.39 is 0 Å². The third kappa shape index (κ3) is 3.56. The van der Waals surface area contributed by atoms with Crippen LogP contribution in [0.3, 0.4) is 0 Å². The van der Waals surface area contributed by atoms with Crippen molar-refractivity contribution in [3.8, 4) is 0 Å². The summed E-state index contributed by atoms with van der Waals surface area (Å²) < 4.78 is 1.77. The van der Waals surface area contributed by atoms with Crippen molar-refractivity contribution < 1.29 is 4.79 Å². The molecule has 7 heteroatoms. The van der Waals surface area contributed by atoms with Gasteiger partial charge in [-0.05, 0) is 29.3 Å². The molecular formula is C19H18N6O. The number of nitrogens with one attached hydrogen (secondary N) is 3. The average Bonchev–Trinajstić information content (AvgIpc) is 3.33. The number of carbonyl (C=O) groups excluding carboxylic acids is 1. The molecule has 0 spiro atoms. The fraction of sp³-hybridized carbons (Fsp3) is 0.105. The normalized spacial score (nSPS) is 10.8. The number of urea groups is 1. The van der Waals surface area contributed by atoms with Crippen LogP contribution in [0.25, 0.3) is 10.9 Å². The van der Waals surface area contributed by atoms with Crippen LogP contribution >= 0.6 is 0 Å². The second-order valence-corrected chi connectivity index (χ2v) is 5.96. The van der Waals surface area contributed by atoms with Gasteiger partial charge in [0.15, 0.2) is 0 Å². The van der Waals surface area contributed by atoms with E-state index in [0.717, 1.165) is 27.7 Å². The van der Waals surface area contributed by atoms with Gasteiger partial charge in [0.25, 0.3) is 0 Å². The van der Waals surface area contributed by atoms with Crippen LogP contribution in [0.1, 0.15) is 11.1 Å². The first kappa shape index (κ1) is 15.9. The maximum absolute atomic E-state index is 12.2. The molecule has 0 saturated carbocycles. The van der Waals surface area contributed by atoms with Crippen molar-refractivity contribution in [2.75, 3.05) is 5.32 Å². The number of nitrogens with zero attached hydrogens (tertiary/aromatic N) is 3. The number of H-pyrrole nitrogens is 1. The quantitative estimate of drug-likeness (QED) is 0.519. The summed E-state index contributed by atoms with van der Waals surface area (Å²) in [6.45, 7) is 1.13. The van der Waals surface area contributed by atoms with Crippen LogP contribution in [0.15, 0.2) is 67.4 Å². The van der Waals surface area contributed by atoms with Crippen molar-refractivity contribution in [1.29, 1.82) is 0 Å². The first-order valence-corrected chi connectivity index (χ1v) is 8.29. The second-order valence-electron chi connectivity index (χ2n) is 5.96. The average molecular weight is 346 g/mol. The Morgan fingerprint density at radius 1 is 1.08 bits per heavy atom. The van der Waals surface area contributed by atoms with E-state index in [2.05, 4.69) is 25.7 Å². The van der Waals surface area contributed by atoms with Gasteiger partial charge in [0.05, 0.1) is 12.2 Å². The van der Waals surface area contributed by atoms with E-state index >= 15 is 0 Å². The smallest absolute Gasteiger partial charge is 0.319 e. The third-order valence-electron chi connectivity index (χ3n) is 4.13. The fourth-order valence-corrected chi connectivity index (χ4v) is 2.81. The Hall–Kier alpha value is -3.61. The first-order chi connectivity index (χ1) is 12.8. The van der Waals surface area contributed by atoms with Crippen LogP contribution in [0, 0.1) is 0 Å². The number of aromatic nitrogens is 4. The Morgan fingerprint density at radius 2 is 1.92 bits per heavy atom. The molecule has 0 saturated heterocycles. The van der Waals surface area contributed by atoms with Crippen LogP contribution in [0.5, 0.6) is 0 Å². The number of carbonyl (C=O) groups is 1. The molecule has 0 fully saturated rings. The lowest BCUT2D eigenvalue weighted by Gasteiger charge is -2.09. The zero-order valence-electron chi connectivity index (χ0n) is 14.0. The molecule has 2 amide bonds. The van der Waals surface area contributed by atoms with Gasteiger partial charge >= 0.3 is 6.03 Å². The molecule has 7 nitrogen and oxygen atoms in total. The summed E-state index contributed by atoms with van der Waals surface area (Å²) in [4.78, 5) is 19.2. The van der Waals surface area contributed by atoms with Gasteiger partial charge in [-0.3, -0.25) is 0 Å². The van der Waals surface area contributed by atoms with Crippen molar-refractivity contribution in [2.45, 2.75) is 13.1 Å². The molecule has 0 aliphatic rings. The Bertz CT molecular complexity index is 1000. The predicted molar refractivity (Wildman–Crippen MR) is 99.7 cm³/mol. The predicted octanol–water partition coefficient (Wildman–Crippen LogP) is 3.13. The number of benzene rings is 2. The van der Waals surface area contributed by atoms with Crippen molar-refractivity contribution in [3.63, 3.8) is 0 Å². The molecular weight excluding hydrogens is 328 g/mol. The lowest BCUT2D eigenvalue weighted by atomic mass is 10.1. The van der Waals surface area contributed by atoms with Gasteiger partial charge in [0, 0.05) is 23.6 Å². The van der Waals surface area contributed by atoms with Gasteiger partial charge in [-0.2, -0.15) is 5.10 Å². The highest BCUT2D eigenvalue weighted by atomic mass is 16.2. The molecule has 26 heavy (non-hydrogen) atoms. The van der Waals surface area contributed by atoms with Gasteiger partial charge in [-0.25, -0.2) is 14.5 Å². The molecule has 4 aromatic rings. The minimum Gasteiger partial charge on any atom is -0.361 e. The minimum absolute atomic E-state index is 0.231. The van der Waals surface area contributed by atoms with E-state index in [0.29, 0.717) is 13.1 Å². The molecule has 2 aromatic carbocycles. The van der Waals surface area contributed by atoms with E-state index in [4.69, 9.17) is 0 Å². The van der Waals surface area contributed by atoms with Crippen LogP contribution < -0.4 is 10.6 Å². The maximum atomic E-state index is 12.2. The molecule has 130 valence electrons. The van der Waals surface area contributed by atoms with Gasteiger partial charge in [0.1, 0.15) is 12.7 Å². The summed E-state index contributed by atoms with van der Waals surface area (Å²) in [7, 11) is 0. The van der Waals surface area contributed by atoms with Gasteiger partial charge in [-0.1, -0.05) is 30.3 Å². The van der Waals surface area contributed by atoms with Crippen LogP contribution in [0.2, 0.25) is 0 Å². The van der Waals surface area contributed by atoms with Gasteiger partial charge in [-0.15, -0.1) is 0 Å². The van der Waals surface area contributed by atoms with E-state index in [9.17, 15) is 4.79 Å². The molecule has 0 bridgehead atoms. The molecule has 0 radical (unpaired) electrons. The number of hydrogen-bond donors (Lipinski definition) is 3. The third-order valence-corrected chi connectivity index (χ3v) is 4.13. The van der Waals surface area contributed by atoms with Crippen molar-refractivity contribution >= 4 is 22.6 Å². The van der Waals surface area contributed by atoms with E-state index in [1.807, 2.05) is 54.7 Å². The lowest BCUT2D eigenvalue weighted by molar-refractivity contribution is 0.252. The molecule has 3 N–H and O–H groups in total. The Labute approximate surface area is 150 Å². The number of rotatable bonds is 5. The van der Waals surface area contributed by atoms with Crippen molar-refractivity contribution in [2.24, 2.45) is 0 Å². The number of hydrogen-bond acceptors (Lipinski definition) is 3. The van der Waals surface area contributed by atoms with E-state index in [-0.39, 0.29) is 6.03 Å². The first-order valence-electron chi connectivity index (χ1n) is 8.29. The summed E-state index contributed by atoms with van der Waals surface area (Å²) in [6, 6.07) is 15.5. The highest BCUT2D eigenvalue weighted by Gasteiger charge is 2.06. The van der Waals surface area contributed by atoms with Gasteiger partial charge in [0.2, 0.25) is 0 Å². The number of aromatic amines is 1. The van der Waals surface area contributed by atoms with Crippen molar-refractivity contribution in [1.82, 2.24) is 25.1 Å². The summed E-state index contributed by atoms with van der Waals surface area (Å²) in [5.74, 6) is 0. The van der Waals surface area contributed by atoms with Crippen molar-refractivity contribution in [3.05, 3.63) is 78.5 Å². The molecule has 0 atom stereocenters. The maximum Gasteiger partial charge on any atom is 0.319 e. The lowest BCUT2D eigenvalue weighted by Crippen LogP contribution is -2.28. The molecule has 4 rings (SSSR count). The fourth-order valence-electron chi connectivity index (χ4n) is 2.81. The minimum atomic E-state index is -0.231. The highest BCUT2D eigenvalue weighted by Crippen LogP contribution is 2.21. The molecule has 2 aromatic heterocycles. The molecule has 2 heterocycles. The standard InChI is InChI=1S/C19H18N6O/c26-19(24-18-3-1-2-17-16(18)8-9-21-17)22-10-14-4-6-15(7-5-14)11-25-13-20-12-23-25/h1-9,12-13,21H,10-11H2,(H2,22,24,26). The monoisotopic (exact) mass is 346 g/mol. The summed E-state index contributed by atoms with van der Waals surface area (Å²) in [5, 5.41) is 10.9. The topological polar surface area (TPSA) is 87.6 Å². The molecule has 0 unspecified atom stereocenters. The van der Waals surface area contributed by atoms with E-state index in [1.165, 1.54) is 6.33 Å². The Morgan fingerprint density at radius 3 is 2.73 bits per heavy atom. The van der Waals surface area contributed by atoms with Crippen LogP contribution in [-0.2, 0) is 13.1 Å². The summed E-state index contributed by atoms with van der Waals surface area (Å²) in [5.41, 5.74) is 3.93. The summed E-state index contributed by atoms with van der Waals surface area (Å²) in [6.07, 6.45) is 5.06. The number of anilines is 1. The second kappa shape index (κ2) is 7.10. The van der Waals surface area contributed by atoms with Gasteiger partial charge < -0.3 is 15.6 Å². The zero-order chi connectivity index (χ0) is 17.8. The molecule has 0 aliphatic heterocycles. The number of fused-ring (bicyclic) bond motifs is 1.